The van der Waals surface area contributed by atoms with Gasteiger partial charge in [-0.05, 0) is 60.9 Å². The molecule has 3 rings (SSSR count). The Kier molecular flexibility index (Phi) is 9.41. The Morgan fingerprint density at radius 1 is 0.923 bits per heavy atom. The summed E-state index contributed by atoms with van der Waals surface area (Å²) in [5.41, 5.74) is 7.69. The summed E-state index contributed by atoms with van der Waals surface area (Å²) in [5, 5.41) is 16.0. The molecule has 1 atom stereocenters. The van der Waals surface area contributed by atoms with Crippen LogP contribution in [-0.4, -0.2) is 43.7 Å². The standard InChI is InChI=1S/C27H28N4O8/c1-4-39-26(33)22-15-24(38-3)23(37-2)14-20(22)21(25(28)32)13-16-5-7-17(8-6-16)29-27(34)30-18-9-11-19(12-10-18)31(35)36/h5-12,14-15,21H,4,13H2,1-3H3,(H2,28,32)(H2,29,30,34). The summed E-state index contributed by atoms with van der Waals surface area (Å²) in [6.45, 7) is 1.81. The number of hydrogen-bond donors (Lipinski definition) is 3. The first-order chi connectivity index (χ1) is 18.7. The molecule has 0 aliphatic heterocycles. The summed E-state index contributed by atoms with van der Waals surface area (Å²) in [6, 6.07) is 14.6. The second kappa shape index (κ2) is 12.9. The molecule has 3 aromatic rings. The zero-order valence-electron chi connectivity index (χ0n) is 21.6. The number of amides is 3. The van der Waals surface area contributed by atoms with Crippen molar-refractivity contribution in [3.63, 3.8) is 0 Å². The first-order valence-electron chi connectivity index (χ1n) is 11.8. The third-order valence-electron chi connectivity index (χ3n) is 5.76. The second-order valence-corrected chi connectivity index (χ2v) is 8.25. The normalized spacial score (nSPS) is 11.2. The van der Waals surface area contributed by atoms with Crippen molar-refractivity contribution in [3.8, 4) is 11.5 Å². The van der Waals surface area contributed by atoms with Gasteiger partial charge in [-0.25, -0.2) is 9.59 Å². The molecule has 3 aromatic carbocycles. The van der Waals surface area contributed by atoms with Crippen LogP contribution in [0.25, 0.3) is 0 Å². The molecule has 0 aliphatic rings. The lowest BCUT2D eigenvalue weighted by Crippen LogP contribution is -2.25. The number of carbonyl (C=O) groups excluding carboxylic acids is 3. The van der Waals surface area contributed by atoms with E-state index in [9.17, 15) is 24.5 Å². The molecule has 0 aliphatic carbocycles. The van der Waals surface area contributed by atoms with Crippen molar-refractivity contribution in [2.75, 3.05) is 31.5 Å². The number of benzene rings is 3. The van der Waals surface area contributed by atoms with Gasteiger partial charge in [0.2, 0.25) is 5.91 Å². The molecular formula is C27H28N4O8. The van der Waals surface area contributed by atoms with Crippen LogP contribution in [-0.2, 0) is 16.0 Å². The van der Waals surface area contributed by atoms with Crippen molar-refractivity contribution < 1.29 is 33.5 Å². The molecule has 0 radical (unpaired) electrons. The number of nitro groups is 1. The molecule has 3 amide bonds. The lowest BCUT2D eigenvalue weighted by atomic mass is 9.87. The van der Waals surface area contributed by atoms with Gasteiger partial charge in [0, 0.05) is 23.5 Å². The number of ether oxygens (including phenoxy) is 3. The van der Waals surface area contributed by atoms with Gasteiger partial charge < -0.3 is 30.6 Å². The molecule has 0 saturated heterocycles. The van der Waals surface area contributed by atoms with Gasteiger partial charge in [-0.15, -0.1) is 0 Å². The van der Waals surface area contributed by atoms with E-state index in [-0.39, 0.29) is 24.3 Å². The molecule has 12 nitrogen and oxygen atoms in total. The number of nitrogens with two attached hydrogens (primary N) is 1. The topological polar surface area (TPSA) is 172 Å². The number of nitrogens with zero attached hydrogens (tertiary/aromatic N) is 1. The predicted molar refractivity (Wildman–Crippen MR) is 143 cm³/mol. The van der Waals surface area contributed by atoms with Crippen molar-refractivity contribution in [3.05, 3.63) is 87.5 Å². The predicted octanol–water partition coefficient (Wildman–Crippen LogP) is 4.24. The molecule has 0 bridgehead atoms. The minimum absolute atomic E-state index is 0.0896. The molecule has 4 N–H and O–H groups in total. The molecule has 1 unspecified atom stereocenters. The first kappa shape index (κ1) is 28.4. The highest BCUT2D eigenvalue weighted by Gasteiger charge is 2.27. The van der Waals surface area contributed by atoms with Crippen LogP contribution < -0.4 is 25.8 Å². The first-order valence-corrected chi connectivity index (χ1v) is 11.8. The van der Waals surface area contributed by atoms with Gasteiger partial charge in [0.15, 0.2) is 11.5 Å². The number of nitrogens with one attached hydrogen (secondary N) is 2. The van der Waals surface area contributed by atoms with Gasteiger partial charge in [-0.1, -0.05) is 12.1 Å². The largest absolute Gasteiger partial charge is 0.493 e. The van der Waals surface area contributed by atoms with Gasteiger partial charge in [0.05, 0.1) is 37.2 Å². The molecular weight excluding hydrogens is 508 g/mol. The molecule has 0 aromatic heterocycles. The van der Waals surface area contributed by atoms with Gasteiger partial charge in [-0.3, -0.25) is 14.9 Å². The van der Waals surface area contributed by atoms with Crippen LogP contribution in [0.1, 0.15) is 34.3 Å². The summed E-state index contributed by atoms with van der Waals surface area (Å²) >= 11 is 0. The van der Waals surface area contributed by atoms with Gasteiger partial charge in [0.1, 0.15) is 0 Å². The van der Waals surface area contributed by atoms with E-state index in [0.29, 0.717) is 34.0 Å². The van der Waals surface area contributed by atoms with Crippen LogP contribution in [0.15, 0.2) is 60.7 Å². The van der Waals surface area contributed by atoms with E-state index in [0.717, 1.165) is 0 Å². The molecule has 204 valence electrons. The number of hydrogen-bond acceptors (Lipinski definition) is 8. The molecule has 12 heteroatoms. The SMILES string of the molecule is CCOC(=O)c1cc(OC)c(OC)cc1C(Cc1ccc(NC(=O)Nc2ccc([N+](=O)[O-])cc2)cc1)C(N)=O. The van der Waals surface area contributed by atoms with Crippen LogP contribution in [0.5, 0.6) is 11.5 Å². The zero-order chi connectivity index (χ0) is 28.5. The fraction of sp³-hybridized carbons (Fsp3) is 0.222. The zero-order valence-corrected chi connectivity index (χ0v) is 21.6. The van der Waals surface area contributed by atoms with Crippen molar-refractivity contribution in [2.24, 2.45) is 5.73 Å². The maximum atomic E-state index is 12.7. The van der Waals surface area contributed by atoms with Crippen molar-refractivity contribution >= 4 is 35.0 Å². The Labute approximate surface area is 224 Å². The van der Waals surface area contributed by atoms with E-state index in [1.807, 2.05) is 0 Å². The molecule has 0 saturated carbocycles. The van der Waals surface area contributed by atoms with Gasteiger partial charge in [0.25, 0.3) is 5.69 Å². The highest BCUT2D eigenvalue weighted by Crippen LogP contribution is 2.36. The van der Waals surface area contributed by atoms with Crippen molar-refractivity contribution in [1.82, 2.24) is 0 Å². The average Bonchev–Trinajstić information content (AvgIpc) is 2.92. The number of urea groups is 1. The molecule has 39 heavy (non-hydrogen) atoms. The number of non-ortho nitro benzene ring substituents is 1. The maximum Gasteiger partial charge on any atom is 0.338 e. The van der Waals surface area contributed by atoms with E-state index < -0.39 is 28.7 Å². The summed E-state index contributed by atoms with van der Waals surface area (Å²) in [6.07, 6.45) is 0.159. The quantitative estimate of drug-likeness (QED) is 0.185. The Morgan fingerprint density at radius 3 is 1.95 bits per heavy atom. The third kappa shape index (κ3) is 7.22. The fourth-order valence-corrected chi connectivity index (χ4v) is 3.85. The minimum atomic E-state index is -0.895. The summed E-state index contributed by atoms with van der Waals surface area (Å²) < 4.78 is 15.8. The Bertz CT molecular complexity index is 1360. The highest BCUT2D eigenvalue weighted by molar-refractivity contribution is 6.00. The Morgan fingerprint density at radius 2 is 1.46 bits per heavy atom. The molecule has 0 spiro atoms. The van der Waals surface area contributed by atoms with E-state index in [1.165, 1.54) is 44.6 Å². The van der Waals surface area contributed by atoms with E-state index in [2.05, 4.69) is 10.6 Å². The third-order valence-corrected chi connectivity index (χ3v) is 5.76. The van der Waals surface area contributed by atoms with E-state index >= 15 is 0 Å². The number of nitro benzene ring substituents is 1. The molecule has 0 fully saturated rings. The lowest BCUT2D eigenvalue weighted by molar-refractivity contribution is -0.384. The fourth-order valence-electron chi connectivity index (χ4n) is 3.85. The Balaban J connectivity index is 1.78. The van der Waals surface area contributed by atoms with Gasteiger partial charge >= 0.3 is 12.0 Å². The number of carbonyl (C=O) groups is 3. The van der Waals surface area contributed by atoms with E-state index in [4.69, 9.17) is 19.9 Å². The van der Waals surface area contributed by atoms with Crippen LogP contribution in [0, 0.1) is 10.1 Å². The van der Waals surface area contributed by atoms with Crippen LogP contribution in [0.3, 0.4) is 0 Å². The van der Waals surface area contributed by atoms with Gasteiger partial charge in [-0.2, -0.15) is 0 Å². The second-order valence-electron chi connectivity index (χ2n) is 8.25. The Hall–Kier alpha value is -5.13. The number of esters is 1. The highest BCUT2D eigenvalue weighted by atomic mass is 16.6. The summed E-state index contributed by atoms with van der Waals surface area (Å²) in [7, 11) is 2.87. The van der Waals surface area contributed by atoms with Crippen molar-refractivity contribution in [2.45, 2.75) is 19.3 Å². The average molecular weight is 537 g/mol. The van der Waals surface area contributed by atoms with Crippen LogP contribution in [0.4, 0.5) is 21.9 Å². The van der Waals surface area contributed by atoms with Crippen LogP contribution >= 0.6 is 0 Å². The van der Waals surface area contributed by atoms with Crippen LogP contribution in [0.2, 0.25) is 0 Å². The van der Waals surface area contributed by atoms with E-state index in [1.54, 1.807) is 37.3 Å². The number of rotatable bonds is 11. The number of anilines is 2. The summed E-state index contributed by atoms with van der Waals surface area (Å²) in [4.78, 5) is 47.8. The maximum absolute atomic E-state index is 12.7. The lowest BCUT2D eigenvalue weighted by Gasteiger charge is -2.20. The smallest absolute Gasteiger partial charge is 0.338 e. The van der Waals surface area contributed by atoms with Crippen molar-refractivity contribution in [1.29, 1.82) is 0 Å². The molecule has 0 heterocycles. The number of primary amides is 1. The summed E-state index contributed by atoms with van der Waals surface area (Å²) in [5.74, 6) is -1.55. The number of methoxy groups -OCH3 is 2. The monoisotopic (exact) mass is 536 g/mol. The minimum Gasteiger partial charge on any atom is -0.493 e.